The number of nitrogens with zero attached hydrogens (tertiary/aromatic N) is 2. The molecule has 0 saturated heterocycles. The van der Waals surface area contributed by atoms with Crippen LogP contribution in [0.25, 0.3) is 12.2 Å². The summed E-state index contributed by atoms with van der Waals surface area (Å²) < 4.78 is 10.5. The fourth-order valence-electron chi connectivity index (χ4n) is 3.23. The zero-order valence-electron chi connectivity index (χ0n) is 17.7. The second kappa shape index (κ2) is 9.72. The zero-order chi connectivity index (χ0) is 21.5. The number of rotatable bonds is 6. The Morgan fingerprint density at radius 1 is 0.581 bits per heavy atom. The number of methoxy groups -OCH3 is 2. The Hall–Kier alpha value is -3.92. The highest BCUT2D eigenvalue weighted by Gasteiger charge is 2.10. The Labute approximate surface area is 182 Å². The molecule has 154 valence electrons. The van der Waals surface area contributed by atoms with E-state index in [1.807, 2.05) is 72.8 Å². The summed E-state index contributed by atoms with van der Waals surface area (Å²) in [4.78, 5) is 9.71. The molecule has 4 heteroatoms. The smallest absolute Gasteiger partial charge is 0.118 e. The van der Waals surface area contributed by atoms with E-state index in [9.17, 15) is 0 Å². The average molecular weight is 409 g/mol. The molecule has 0 unspecified atom stereocenters. The number of hydrogen-bond donors (Lipinski definition) is 0. The molecule has 1 heterocycles. The van der Waals surface area contributed by atoms with Gasteiger partial charge in [0.1, 0.15) is 11.5 Å². The number of fused-ring (bicyclic) bond motifs is 1. The van der Waals surface area contributed by atoms with E-state index in [1.54, 1.807) is 14.2 Å². The highest BCUT2D eigenvalue weighted by molar-refractivity contribution is 6.18. The molecule has 1 aliphatic rings. The number of hydrogen-bond acceptors (Lipinski definition) is 4. The standard InChI is InChI=1S/C27H24N2O2/c1-30-24-15-9-20(10-16-24)7-13-22-19-23(29-27-6-4-3-5-26(27)28-22)14-8-21-11-17-25(31-2)18-12-21/h3-18H,19H2,1-2H3/b13-7+,14-8+. The van der Waals surface area contributed by atoms with Gasteiger partial charge in [0, 0.05) is 17.8 Å². The highest BCUT2D eigenvalue weighted by Crippen LogP contribution is 2.31. The molecule has 1 aliphatic heterocycles. The summed E-state index contributed by atoms with van der Waals surface area (Å²) >= 11 is 0. The molecular weight excluding hydrogens is 384 g/mol. The van der Waals surface area contributed by atoms with Gasteiger partial charge in [0.05, 0.1) is 25.6 Å². The van der Waals surface area contributed by atoms with E-state index in [-0.39, 0.29) is 0 Å². The summed E-state index contributed by atoms with van der Waals surface area (Å²) in [5.74, 6) is 1.69. The lowest BCUT2D eigenvalue weighted by molar-refractivity contribution is 0.414. The van der Waals surface area contributed by atoms with Gasteiger partial charge in [-0.15, -0.1) is 0 Å². The van der Waals surface area contributed by atoms with Crippen LogP contribution in [-0.2, 0) is 0 Å². The molecule has 0 atom stereocenters. The van der Waals surface area contributed by atoms with Crippen LogP contribution >= 0.6 is 0 Å². The van der Waals surface area contributed by atoms with Crippen LogP contribution in [0.3, 0.4) is 0 Å². The van der Waals surface area contributed by atoms with Gasteiger partial charge in [-0.25, -0.2) is 0 Å². The molecule has 3 aromatic rings. The number of benzene rings is 3. The van der Waals surface area contributed by atoms with Crippen molar-refractivity contribution in [3.05, 3.63) is 96.1 Å². The molecule has 0 aliphatic carbocycles. The second-order valence-electron chi connectivity index (χ2n) is 7.08. The van der Waals surface area contributed by atoms with Crippen LogP contribution in [0.5, 0.6) is 11.5 Å². The molecule has 0 spiro atoms. The van der Waals surface area contributed by atoms with Crippen molar-refractivity contribution in [3.8, 4) is 11.5 Å². The normalized spacial score (nSPS) is 13.5. The van der Waals surface area contributed by atoms with Crippen molar-refractivity contribution in [1.82, 2.24) is 0 Å². The minimum absolute atomic E-state index is 0.647. The van der Waals surface area contributed by atoms with Crippen molar-refractivity contribution in [2.24, 2.45) is 9.98 Å². The van der Waals surface area contributed by atoms with Gasteiger partial charge in [-0.2, -0.15) is 0 Å². The van der Waals surface area contributed by atoms with Crippen LogP contribution < -0.4 is 9.47 Å². The monoisotopic (exact) mass is 408 g/mol. The van der Waals surface area contributed by atoms with Gasteiger partial charge in [0.25, 0.3) is 0 Å². The summed E-state index contributed by atoms with van der Waals surface area (Å²) in [5, 5.41) is 0. The molecule has 4 rings (SSSR count). The van der Waals surface area contributed by atoms with Crippen LogP contribution in [0, 0.1) is 0 Å². The quantitative estimate of drug-likeness (QED) is 0.457. The highest BCUT2D eigenvalue weighted by atomic mass is 16.5. The fourth-order valence-corrected chi connectivity index (χ4v) is 3.23. The lowest BCUT2D eigenvalue weighted by atomic mass is 10.1. The van der Waals surface area contributed by atoms with Crippen LogP contribution in [0.15, 0.2) is 94.9 Å². The lowest BCUT2D eigenvalue weighted by Gasteiger charge is -2.02. The number of aliphatic imine (C=N–C) groups is 2. The molecule has 0 radical (unpaired) electrons. The molecule has 0 saturated carbocycles. The third-order valence-electron chi connectivity index (χ3n) is 4.94. The predicted molar refractivity (Wildman–Crippen MR) is 129 cm³/mol. The van der Waals surface area contributed by atoms with Crippen LogP contribution in [0.4, 0.5) is 11.4 Å². The maximum absolute atomic E-state index is 5.23. The van der Waals surface area contributed by atoms with Crippen molar-refractivity contribution in [1.29, 1.82) is 0 Å². The summed E-state index contributed by atoms with van der Waals surface area (Å²) in [6.07, 6.45) is 8.89. The van der Waals surface area contributed by atoms with E-state index < -0.39 is 0 Å². The average Bonchev–Trinajstić information content (AvgIpc) is 3.01. The minimum atomic E-state index is 0.647. The molecule has 0 amide bonds. The first kappa shape index (κ1) is 20.4. The Kier molecular flexibility index (Phi) is 6.38. The largest absolute Gasteiger partial charge is 0.497 e. The molecule has 0 bridgehead atoms. The van der Waals surface area contributed by atoms with E-state index in [2.05, 4.69) is 24.3 Å². The molecule has 0 N–H and O–H groups in total. The Balaban J connectivity index is 1.59. The minimum Gasteiger partial charge on any atom is -0.497 e. The molecular formula is C27H24N2O2. The van der Waals surface area contributed by atoms with Gasteiger partial charge in [0.2, 0.25) is 0 Å². The first-order valence-corrected chi connectivity index (χ1v) is 10.1. The number of para-hydroxylation sites is 2. The van der Waals surface area contributed by atoms with Gasteiger partial charge in [0.15, 0.2) is 0 Å². The topological polar surface area (TPSA) is 43.2 Å². The van der Waals surface area contributed by atoms with Crippen molar-refractivity contribution in [3.63, 3.8) is 0 Å². The van der Waals surface area contributed by atoms with Crippen LogP contribution in [0.1, 0.15) is 17.5 Å². The molecule has 0 aromatic heterocycles. The van der Waals surface area contributed by atoms with Crippen molar-refractivity contribution in [2.45, 2.75) is 6.42 Å². The molecule has 0 fully saturated rings. The Morgan fingerprint density at radius 2 is 1.00 bits per heavy atom. The van der Waals surface area contributed by atoms with Gasteiger partial charge in [-0.05, 0) is 59.7 Å². The summed E-state index contributed by atoms with van der Waals surface area (Å²) in [7, 11) is 3.34. The maximum atomic E-state index is 5.23. The van der Waals surface area contributed by atoms with Gasteiger partial charge in [-0.1, -0.05) is 48.6 Å². The van der Waals surface area contributed by atoms with Crippen LogP contribution in [-0.4, -0.2) is 25.6 Å². The van der Waals surface area contributed by atoms with E-state index in [4.69, 9.17) is 19.5 Å². The number of allylic oxidation sites excluding steroid dienone is 2. The van der Waals surface area contributed by atoms with E-state index in [0.717, 1.165) is 45.4 Å². The van der Waals surface area contributed by atoms with Gasteiger partial charge >= 0.3 is 0 Å². The first-order valence-electron chi connectivity index (χ1n) is 10.1. The molecule has 3 aromatic carbocycles. The van der Waals surface area contributed by atoms with E-state index >= 15 is 0 Å². The zero-order valence-corrected chi connectivity index (χ0v) is 17.7. The first-order chi connectivity index (χ1) is 15.2. The summed E-state index contributed by atoms with van der Waals surface area (Å²) in [5.41, 5.74) is 5.86. The summed E-state index contributed by atoms with van der Waals surface area (Å²) in [6, 6.07) is 23.9. The van der Waals surface area contributed by atoms with Crippen LogP contribution in [0.2, 0.25) is 0 Å². The van der Waals surface area contributed by atoms with E-state index in [0.29, 0.717) is 6.42 Å². The predicted octanol–water partition coefficient (Wildman–Crippen LogP) is 6.68. The Bertz CT molecular complexity index is 1060. The van der Waals surface area contributed by atoms with Crippen molar-refractivity contribution < 1.29 is 9.47 Å². The third-order valence-corrected chi connectivity index (χ3v) is 4.94. The second-order valence-corrected chi connectivity index (χ2v) is 7.08. The summed E-state index contributed by atoms with van der Waals surface area (Å²) in [6.45, 7) is 0. The molecule has 4 nitrogen and oxygen atoms in total. The lowest BCUT2D eigenvalue weighted by Crippen LogP contribution is -2.01. The number of ether oxygens (including phenoxy) is 2. The maximum Gasteiger partial charge on any atom is 0.118 e. The third kappa shape index (κ3) is 5.37. The van der Waals surface area contributed by atoms with Gasteiger partial charge in [-0.3, -0.25) is 9.98 Å². The van der Waals surface area contributed by atoms with Gasteiger partial charge < -0.3 is 9.47 Å². The SMILES string of the molecule is COc1ccc(/C=C/C2=Nc3ccccc3N=C(/C=C/c3ccc(OC)cc3)C2)cc1. The Morgan fingerprint density at radius 3 is 1.39 bits per heavy atom. The van der Waals surface area contributed by atoms with Crippen molar-refractivity contribution >= 4 is 35.0 Å². The molecule has 31 heavy (non-hydrogen) atoms. The fraction of sp³-hybridized carbons (Fsp3) is 0.111. The van der Waals surface area contributed by atoms with Crippen molar-refractivity contribution in [2.75, 3.05) is 14.2 Å². The van der Waals surface area contributed by atoms with E-state index in [1.165, 1.54) is 0 Å².